The van der Waals surface area contributed by atoms with E-state index in [0.29, 0.717) is 11.4 Å². The molecule has 0 aliphatic rings. The fourth-order valence-electron chi connectivity index (χ4n) is 2.67. The van der Waals surface area contributed by atoms with E-state index in [2.05, 4.69) is 18.2 Å². The summed E-state index contributed by atoms with van der Waals surface area (Å²) in [5, 5.41) is 9.63. The van der Waals surface area contributed by atoms with E-state index < -0.39 is 0 Å². The van der Waals surface area contributed by atoms with Crippen LogP contribution >= 0.6 is 11.3 Å². The van der Waals surface area contributed by atoms with Crippen LogP contribution in [0, 0.1) is 5.41 Å². The van der Waals surface area contributed by atoms with Crippen molar-refractivity contribution in [1.29, 1.82) is 5.41 Å². The number of nitrogens with two attached hydrogens (primary N) is 1. The summed E-state index contributed by atoms with van der Waals surface area (Å²) in [6.45, 7) is 3.92. The number of nitrogens with one attached hydrogen (secondary N) is 1. The third-order valence-corrected chi connectivity index (χ3v) is 5.12. The highest BCUT2D eigenvalue weighted by Crippen LogP contribution is 2.37. The summed E-state index contributed by atoms with van der Waals surface area (Å²) in [5.41, 5.74) is 10.3. The van der Waals surface area contributed by atoms with Crippen molar-refractivity contribution in [2.75, 3.05) is 5.73 Å². The molecule has 0 spiro atoms. The molecule has 3 N–H and O–H groups in total. The molecule has 0 amide bonds. The Balaban J connectivity index is 2.16. The fourth-order valence-corrected chi connectivity index (χ4v) is 3.75. The van der Waals surface area contributed by atoms with Gasteiger partial charge in [0.2, 0.25) is 0 Å². The third kappa shape index (κ3) is 3.03. The van der Waals surface area contributed by atoms with Gasteiger partial charge in [-0.2, -0.15) is 0 Å². The van der Waals surface area contributed by atoms with E-state index in [1.54, 1.807) is 11.3 Å². The number of fused-ring (bicyclic) bond motifs is 1. The normalized spacial score (nSPS) is 12.2. The van der Waals surface area contributed by atoms with E-state index in [4.69, 9.17) is 11.1 Å². The molecule has 0 aliphatic carbocycles. The molecule has 0 saturated carbocycles. The molecule has 3 heteroatoms. The molecule has 0 radical (unpaired) electrons. The van der Waals surface area contributed by atoms with Crippen LogP contribution in [-0.2, 0) is 0 Å². The lowest BCUT2D eigenvalue weighted by molar-refractivity contribution is 1.44. The Morgan fingerprint density at radius 2 is 1.88 bits per heavy atom. The minimum Gasteiger partial charge on any atom is -0.398 e. The number of allylic oxidation sites excluding steroid dienone is 4. The fraction of sp³-hybridized carbons (Fsp3) is 0.0952. The Hall–Kier alpha value is -2.65. The van der Waals surface area contributed by atoms with Crippen molar-refractivity contribution in [3.63, 3.8) is 0 Å². The highest BCUT2D eigenvalue weighted by atomic mass is 32.1. The van der Waals surface area contributed by atoms with E-state index in [9.17, 15) is 0 Å². The first-order valence-electron chi connectivity index (χ1n) is 7.88. The highest BCUT2D eigenvalue weighted by Gasteiger charge is 2.15. The Bertz CT molecular complexity index is 947. The molecule has 120 valence electrons. The molecule has 0 bridgehead atoms. The maximum absolute atomic E-state index is 8.57. The van der Waals surface area contributed by atoms with Gasteiger partial charge in [0.1, 0.15) is 0 Å². The Morgan fingerprint density at radius 1 is 1.12 bits per heavy atom. The quantitative estimate of drug-likeness (QED) is 0.341. The van der Waals surface area contributed by atoms with Gasteiger partial charge in [-0.05, 0) is 43.2 Å². The van der Waals surface area contributed by atoms with Gasteiger partial charge in [0.25, 0.3) is 0 Å². The average Bonchev–Trinajstić information content (AvgIpc) is 3.04. The maximum atomic E-state index is 8.57. The van der Waals surface area contributed by atoms with E-state index in [1.807, 2.05) is 62.4 Å². The standard InChI is InChI=1S/C21H20N2S/c1-3-4-8-14(2)21(23)20-16-13-19(15-9-6-5-7-10-15)24-18(16)12-11-17(20)22/h3-13,23H,22H2,1-2H3/b4-3-,14-8+,23-21?. The van der Waals surface area contributed by atoms with E-state index in [1.165, 1.54) is 10.4 Å². The van der Waals surface area contributed by atoms with Crippen LogP contribution in [0.1, 0.15) is 19.4 Å². The van der Waals surface area contributed by atoms with E-state index in [-0.39, 0.29) is 0 Å². The maximum Gasteiger partial charge on any atom is 0.0668 e. The average molecular weight is 332 g/mol. The number of hydrogen-bond acceptors (Lipinski definition) is 3. The Labute approximate surface area is 146 Å². The van der Waals surface area contributed by atoms with Gasteiger partial charge < -0.3 is 5.73 Å². The first-order chi connectivity index (χ1) is 11.6. The van der Waals surface area contributed by atoms with Crippen molar-refractivity contribution >= 4 is 32.8 Å². The van der Waals surface area contributed by atoms with Crippen molar-refractivity contribution in [2.45, 2.75) is 13.8 Å². The molecule has 2 aromatic carbocycles. The van der Waals surface area contributed by atoms with Crippen molar-refractivity contribution in [3.8, 4) is 10.4 Å². The SMILES string of the molecule is C/C=C\C=C(/C)C(=N)c1c(N)ccc2sc(-c3ccccc3)cc12. The van der Waals surface area contributed by atoms with Gasteiger partial charge in [0.05, 0.1) is 5.71 Å². The molecule has 1 heterocycles. The second kappa shape index (κ2) is 6.85. The van der Waals surface area contributed by atoms with Gasteiger partial charge in [0, 0.05) is 26.2 Å². The first kappa shape index (κ1) is 16.2. The van der Waals surface area contributed by atoms with Crippen molar-refractivity contribution < 1.29 is 0 Å². The van der Waals surface area contributed by atoms with Crippen LogP contribution in [-0.4, -0.2) is 5.71 Å². The zero-order valence-electron chi connectivity index (χ0n) is 13.8. The minimum atomic E-state index is 0.480. The summed E-state index contributed by atoms with van der Waals surface area (Å²) in [7, 11) is 0. The van der Waals surface area contributed by atoms with E-state index in [0.717, 1.165) is 21.2 Å². The molecule has 0 saturated heterocycles. The summed E-state index contributed by atoms with van der Waals surface area (Å²) >= 11 is 1.73. The van der Waals surface area contributed by atoms with Crippen molar-refractivity contribution in [1.82, 2.24) is 0 Å². The molecule has 3 aromatic rings. The summed E-state index contributed by atoms with van der Waals surface area (Å²) in [4.78, 5) is 1.19. The Morgan fingerprint density at radius 3 is 2.58 bits per heavy atom. The summed E-state index contributed by atoms with van der Waals surface area (Å²) in [5.74, 6) is 0. The number of hydrogen-bond donors (Lipinski definition) is 2. The number of rotatable bonds is 4. The second-order valence-corrected chi connectivity index (χ2v) is 6.75. The molecular formula is C21H20N2S. The third-order valence-electron chi connectivity index (χ3n) is 3.97. The van der Waals surface area contributed by atoms with Crippen LogP contribution in [0.2, 0.25) is 0 Å². The van der Waals surface area contributed by atoms with E-state index >= 15 is 0 Å². The monoisotopic (exact) mass is 332 g/mol. The second-order valence-electron chi connectivity index (χ2n) is 5.67. The molecule has 1 aromatic heterocycles. The Kier molecular flexibility index (Phi) is 4.63. The van der Waals surface area contributed by atoms with Crippen molar-refractivity contribution in [3.05, 3.63) is 77.9 Å². The lowest BCUT2D eigenvalue weighted by Gasteiger charge is -2.09. The first-order valence-corrected chi connectivity index (χ1v) is 8.69. The van der Waals surface area contributed by atoms with Gasteiger partial charge in [-0.3, -0.25) is 5.41 Å². The minimum absolute atomic E-state index is 0.480. The predicted molar refractivity (Wildman–Crippen MR) is 107 cm³/mol. The summed E-state index contributed by atoms with van der Waals surface area (Å²) in [6.07, 6.45) is 5.85. The van der Waals surface area contributed by atoms with Crippen LogP contribution in [0.5, 0.6) is 0 Å². The lowest BCUT2D eigenvalue weighted by atomic mass is 9.97. The van der Waals surface area contributed by atoms with Gasteiger partial charge in [-0.25, -0.2) is 0 Å². The van der Waals surface area contributed by atoms with Gasteiger partial charge in [-0.1, -0.05) is 48.6 Å². The molecule has 0 unspecified atom stereocenters. The molecular weight excluding hydrogens is 312 g/mol. The number of nitrogen functional groups attached to an aromatic ring is 1. The number of thiophene rings is 1. The van der Waals surface area contributed by atoms with Gasteiger partial charge in [-0.15, -0.1) is 11.3 Å². The molecule has 24 heavy (non-hydrogen) atoms. The smallest absolute Gasteiger partial charge is 0.0668 e. The molecule has 0 atom stereocenters. The van der Waals surface area contributed by atoms with Crippen LogP contribution in [0.25, 0.3) is 20.5 Å². The molecule has 3 rings (SSSR count). The largest absolute Gasteiger partial charge is 0.398 e. The lowest BCUT2D eigenvalue weighted by Crippen LogP contribution is -2.05. The highest BCUT2D eigenvalue weighted by molar-refractivity contribution is 7.22. The number of anilines is 1. The summed E-state index contributed by atoms with van der Waals surface area (Å²) in [6, 6.07) is 16.4. The zero-order valence-corrected chi connectivity index (χ0v) is 14.7. The zero-order chi connectivity index (χ0) is 17.1. The van der Waals surface area contributed by atoms with Crippen molar-refractivity contribution in [2.24, 2.45) is 0 Å². The molecule has 0 aliphatic heterocycles. The van der Waals surface area contributed by atoms with Crippen LogP contribution < -0.4 is 5.73 Å². The van der Waals surface area contributed by atoms with Gasteiger partial charge in [0.15, 0.2) is 0 Å². The topological polar surface area (TPSA) is 49.9 Å². The summed E-state index contributed by atoms with van der Waals surface area (Å²) < 4.78 is 1.15. The van der Waals surface area contributed by atoms with Crippen LogP contribution in [0.15, 0.2) is 72.3 Å². The van der Waals surface area contributed by atoms with Gasteiger partial charge >= 0.3 is 0 Å². The van der Waals surface area contributed by atoms with Crippen LogP contribution in [0.4, 0.5) is 5.69 Å². The number of benzene rings is 2. The van der Waals surface area contributed by atoms with Crippen LogP contribution in [0.3, 0.4) is 0 Å². The molecule has 2 nitrogen and oxygen atoms in total. The molecule has 0 fully saturated rings. The predicted octanol–water partition coefficient (Wildman–Crippen LogP) is 6.04.